The summed E-state index contributed by atoms with van der Waals surface area (Å²) in [5.74, 6) is 2.21. The van der Waals surface area contributed by atoms with Gasteiger partial charge in [0.15, 0.2) is 0 Å². The zero-order valence-corrected chi connectivity index (χ0v) is 38.6. The van der Waals surface area contributed by atoms with Gasteiger partial charge in [0, 0.05) is 136 Å². The van der Waals surface area contributed by atoms with Gasteiger partial charge < -0.3 is 50.8 Å². The fraction of sp³-hybridized carbons (Fsp3) is 0.275. The van der Waals surface area contributed by atoms with E-state index in [0.717, 1.165) is 83.1 Å². The molecule has 0 saturated carbocycles. The minimum absolute atomic E-state index is 0. The second-order valence-electron chi connectivity index (χ2n) is 15.3. The van der Waals surface area contributed by atoms with Crippen LogP contribution in [-0.2, 0) is 17.1 Å². The van der Waals surface area contributed by atoms with E-state index in [9.17, 15) is 0 Å². The van der Waals surface area contributed by atoms with Crippen molar-refractivity contribution in [3.05, 3.63) is 97.1 Å². The number of nitrogens with one attached hydrogen (secondary N) is 3. The van der Waals surface area contributed by atoms with Crippen LogP contribution < -0.4 is 25.9 Å². The number of nitrogens with zero attached hydrogens (tertiary/aromatic N) is 14. The maximum Gasteiger partial charge on any atom is 2.00 e. The molecule has 1 radical (unpaired) electrons. The first-order valence-corrected chi connectivity index (χ1v) is 22.3. The van der Waals surface area contributed by atoms with Crippen LogP contribution in [0.1, 0.15) is 32.1 Å². The average molecular weight is 962 g/mol. The summed E-state index contributed by atoms with van der Waals surface area (Å²) >= 11 is 0. The fourth-order valence-corrected chi connectivity index (χ4v) is 7.43. The van der Waals surface area contributed by atoms with Gasteiger partial charge in [-0.05, 0) is 21.5 Å². The smallest absolute Gasteiger partial charge is 0.357 e. The summed E-state index contributed by atoms with van der Waals surface area (Å²) < 4.78 is 0. The maximum atomic E-state index is 8.49. The molecule has 69 heavy (non-hydrogen) atoms. The zero-order valence-electron chi connectivity index (χ0n) is 37.7. The van der Waals surface area contributed by atoms with E-state index in [1.807, 2.05) is 97.1 Å². The van der Waals surface area contributed by atoms with Crippen molar-refractivity contribution in [2.75, 3.05) is 58.9 Å². The quantitative estimate of drug-likeness (QED) is 0.0669. The van der Waals surface area contributed by atoms with Crippen molar-refractivity contribution in [1.29, 1.82) is 26.3 Å². The van der Waals surface area contributed by atoms with E-state index in [1.54, 1.807) is 0 Å². The van der Waals surface area contributed by atoms with Crippen molar-refractivity contribution in [2.24, 2.45) is 0 Å². The predicted molar refractivity (Wildman–Crippen MR) is 260 cm³/mol. The molecular formula is C51H47CuN17. The average Bonchev–Trinajstić information content (AvgIpc) is 4.12. The number of hydrogen-bond acceptors (Lipinski definition) is 15. The normalized spacial score (nSPS) is 10.7. The van der Waals surface area contributed by atoms with Crippen molar-refractivity contribution >= 4 is 44.1 Å². The summed E-state index contributed by atoms with van der Waals surface area (Å²) in [6.45, 7) is 6.91. The molecule has 0 amide bonds. The molecule has 17 nitrogen and oxygen atoms in total. The van der Waals surface area contributed by atoms with Gasteiger partial charge in [0.05, 0.1) is 53.6 Å². The van der Waals surface area contributed by atoms with Gasteiger partial charge in [0.1, 0.15) is 0 Å². The predicted octanol–water partition coefficient (Wildman–Crippen LogP) is 6.74. The summed E-state index contributed by atoms with van der Waals surface area (Å²) in [5, 5.41) is 54.6. The Morgan fingerprint density at radius 2 is 0.652 bits per heavy atom. The maximum absolute atomic E-state index is 8.49. The molecule has 0 atom stereocenters. The van der Waals surface area contributed by atoms with Crippen LogP contribution in [0.4, 0.5) is 0 Å². The molecule has 0 spiro atoms. The van der Waals surface area contributed by atoms with E-state index in [0.29, 0.717) is 97.6 Å². The van der Waals surface area contributed by atoms with Gasteiger partial charge >= 0.3 is 17.1 Å². The molecule has 0 fully saturated rings. The molecule has 347 valence electrons. The molecular weight excluding hydrogens is 914 g/mol. The molecule has 7 aromatic rings. The van der Waals surface area contributed by atoms with Gasteiger partial charge in [-0.15, -0.1) is 0 Å². The summed E-state index contributed by atoms with van der Waals surface area (Å²) in [5.41, 5.74) is 5.78. The second kappa shape index (κ2) is 26.4. The first-order valence-electron chi connectivity index (χ1n) is 22.3. The Kier molecular flexibility index (Phi) is 19.3. The summed E-state index contributed by atoms with van der Waals surface area (Å²) in [6, 6.07) is 42.2. The van der Waals surface area contributed by atoms with Crippen LogP contribution in [0.5, 0.6) is 0 Å². The summed E-state index contributed by atoms with van der Waals surface area (Å²) in [6.07, 6.45) is 2.60. The van der Waals surface area contributed by atoms with Crippen LogP contribution >= 0.6 is 0 Å². The van der Waals surface area contributed by atoms with E-state index in [2.05, 4.69) is 51.2 Å². The zero-order chi connectivity index (χ0) is 47.3. The molecule has 18 heteroatoms. The van der Waals surface area contributed by atoms with Crippen LogP contribution in [-0.4, -0.2) is 93.7 Å². The van der Waals surface area contributed by atoms with Gasteiger partial charge in [-0.2, -0.15) is 26.3 Å². The van der Waals surface area contributed by atoms with Gasteiger partial charge in [-0.25, -0.2) is 9.97 Å². The van der Waals surface area contributed by atoms with E-state index in [-0.39, 0.29) is 17.1 Å². The molecule has 0 saturated heterocycles. The van der Waals surface area contributed by atoms with Crippen LogP contribution in [0, 0.1) is 56.7 Å². The third-order valence-corrected chi connectivity index (χ3v) is 10.7. The van der Waals surface area contributed by atoms with E-state index in [1.165, 1.54) is 0 Å². The Morgan fingerprint density at radius 3 is 0.957 bits per heavy atom. The molecule has 8 bridgehead atoms. The van der Waals surface area contributed by atoms with E-state index in [4.69, 9.17) is 66.2 Å². The first-order chi connectivity index (χ1) is 33.6. The molecule has 2 aliphatic heterocycles. The Bertz CT molecular complexity index is 2880. The second-order valence-corrected chi connectivity index (χ2v) is 15.3. The van der Waals surface area contributed by atoms with Gasteiger partial charge in [-0.1, -0.05) is 97.1 Å². The van der Waals surface area contributed by atoms with Crippen molar-refractivity contribution < 1.29 is 17.1 Å². The van der Waals surface area contributed by atoms with Crippen LogP contribution in [0.25, 0.3) is 89.7 Å². The van der Waals surface area contributed by atoms with Crippen molar-refractivity contribution in [3.63, 3.8) is 0 Å². The monoisotopic (exact) mass is 960 g/mol. The van der Waals surface area contributed by atoms with Gasteiger partial charge in [0.25, 0.3) is 0 Å². The molecule has 3 aromatic heterocycles. The standard InChI is InChI=1S/C32H16N8.C11H17N5.C8H14N4.Cu/c1-2-10-18-17(9-1)25-33-26(18)38-28-21-13-5-6-14-22(21)30(35-28)40-32-24-16-8-7-15-23(24)31(36-32)39-29-20-12-4-3-11-19(20)27(34-29)37-25;12-4-1-7-15-8-11-16(9-2-5-13)10-3-6-14;9-3-1-5-11-7-8-12-6-2-4-10;/h1-16H;15H,1-3,7-11H2;11-12H,1-2,5-8H2;/q-2;;;+2. The van der Waals surface area contributed by atoms with Gasteiger partial charge in [0.2, 0.25) is 0 Å². The molecule has 5 heterocycles. The number of benzene rings is 4. The summed E-state index contributed by atoms with van der Waals surface area (Å²) in [7, 11) is 0. The van der Waals surface area contributed by atoms with E-state index >= 15 is 0 Å². The number of hydrogen-bond donors (Lipinski definition) is 3. The Hall–Kier alpha value is -7.95. The Balaban J connectivity index is 0.000000225. The Labute approximate surface area is 410 Å². The topological polar surface area (TPSA) is 264 Å². The number of aromatic nitrogens is 8. The van der Waals surface area contributed by atoms with Gasteiger partial charge in [-0.3, -0.25) is 0 Å². The minimum atomic E-state index is 0. The summed E-state index contributed by atoms with van der Waals surface area (Å²) in [4.78, 5) is 41.4. The Morgan fingerprint density at radius 1 is 0.362 bits per heavy atom. The largest absolute Gasteiger partial charge is 2.00 e. The van der Waals surface area contributed by atoms with Crippen LogP contribution in [0.2, 0.25) is 0 Å². The molecule has 3 N–H and O–H groups in total. The third-order valence-electron chi connectivity index (χ3n) is 10.7. The number of nitriles is 5. The molecule has 0 unspecified atom stereocenters. The molecule has 0 aliphatic carbocycles. The third kappa shape index (κ3) is 13.1. The molecule has 2 aliphatic rings. The SMILES string of the molecule is N#CCCNCCN(CCC#N)CCC#N.N#CCCNCCNCCC#N.[Cu+2].c1ccc2c(c1)-c1nc-2nc2[n-]c(nc3nc(nc4[n-]c(n1)c1ccccc41)-c1ccccc1-3)c1ccccc21. The minimum Gasteiger partial charge on any atom is -0.357 e. The first kappa shape index (κ1) is 50.5. The van der Waals surface area contributed by atoms with Crippen LogP contribution in [0.3, 0.4) is 0 Å². The number of fused-ring (bicyclic) bond motifs is 20. The van der Waals surface area contributed by atoms with Crippen LogP contribution in [0.15, 0.2) is 97.1 Å². The van der Waals surface area contributed by atoms with Crippen molar-refractivity contribution in [3.8, 4) is 75.9 Å². The fourth-order valence-electron chi connectivity index (χ4n) is 7.43. The number of rotatable bonds is 16. The van der Waals surface area contributed by atoms with E-state index < -0.39 is 0 Å². The van der Waals surface area contributed by atoms with Crippen molar-refractivity contribution in [2.45, 2.75) is 32.1 Å². The molecule has 4 aromatic carbocycles. The molecule has 9 rings (SSSR count). The van der Waals surface area contributed by atoms with Crippen molar-refractivity contribution in [1.82, 2.24) is 60.7 Å².